The standard InChI is InChI=1S/C20H32N2O2/c1-14-10-12-22(18-7-3-2-6-17(14)18)20(24)16-5-4-11-21(13-16)19(23)15-8-9-15/h14-18H,2-13H2,1H3. The third-order valence-electron chi connectivity index (χ3n) is 7.03. The number of piperidine rings is 2. The van der Waals surface area contributed by atoms with Crippen LogP contribution < -0.4 is 0 Å². The predicted molar refractivity (Wildman–Crippen MR) is 93.3 cm³/mol. The van der Waals surface area contributed by atoms with E-state index in [0.29, 0.717) is 30.3 Å². The van der Waals surface area contributed by atoms with E-state index in [-0.39, 0.29) is 11.8 Å². The van der Waals surface area contributed by atoms with Gasteiger partial charge >= 0.3 is 0 Å². The monoisotopic (exact) mass is 332 g/mol. The Balaban J connectivity index is 1.43. The number of carbonyl (C=O) groups excluding carboxylic acids is 2. The number of fused-ring (bicyclic) bond motifs is 1. The zero-order chi connectivity index (χ0) is 16.7. The van der Waals surface area contributed by atoms with E-state index in [1.165, 1.54) is 25.7 Å². The van der Waals surface area contributed by atoms with Crippen molar-refractivity contribution in [3.05, 3.63) is 0 Å². The van der Waals surface area contributed by atoms with Gasteiger partial charge in [-0.05, 0) is 56.8 Å². The smallest absolute Gasteiger partial charge is 0.227 e. The number of likely N-dealkylation sites (tertiary alicyclic amines) is 2. The summed E-state index contributed by atoms with van der Waals surface area (Å²) in [4.78, 5) is 29.9. The van der Waals surface area contributed by atoms with E-state index < -0.39 is 0 Å². The van der Waals surface area contributed by atoms with E-state index in [1.807, 2.05) is 4.90 Å². The van der Waals surface area contributed by atoms with Gasteiger partial charge in [-0.1, -0.05) is 19.8 Å². The summed E-state index contributed by atoms with van der Waals surface area (Å²) in [5, 5.41) is 0. The van der Waals surface area contributed by atoms with E-state index in [1.54, 1.807) is 0 Å². The molecule has 2 aliphatic carbocycles. The highest BCUT2D eigenvalue weighted by molar-refractivity contribution is 5.83. The van der Waals surface area contributed by atoms with Crippen molar-refractivity contribution in [1.29, 1.82) is 0 Å². The molecule has 2 heterocycles. The van der Waals surface area contributed by atoms with Crippen molar-refractivity contribution in [3.63, 3.8) is 0 Å². The second kappa shape index (κ2) is 6.68. The molecule has 0 N–H and O–H groups in total. The maximum atomic E-state index is 13.3. The van der Waals surface area contributed by atoms with Crippen molar-refractivity contribution in [2.45, 2.75) is 70.8 Å². The summed E-state index contributed by atoms with van der Waals surface area (Å²) in [6.45, 7) is 4.86. The van der Waals surface area contributed by atoms with Crippen molar-refractivity contribution in [2.75, 3.05) is 19.6 Å². The fourth-order valence-corrected chi connectivity index (χ4v) is 5.39. The molecule has 4 atom stereocenters. The third kappa shape index (κ3) is 3.09. The van der Waals surface area contributed by atoms with E-state index in [9.17, 15) is 9.59 Å². The lowest BCUT2D eigenvalue weighted by Crippen LogP contribution is -2.56. The molecule has 0 spiro atoms. The Kier molecular flexibility index (Phi) is 4.57. The van der Waals surface area contributed by atoms with Gasteiger partial charge < -0.3 is 9.80 Å². The van der Waals surface area contributed by atoms with Gasteiger partial charge in [-0.15, -0.1) is 0 Å². The van der Waals surface area contributed by atoms with Gasteiger partial charge in [0, 0.05) is 31.6 Å². The van der Waals surface area contributed by atoms with E-state index in [2.05, 4.69) is 11.8 Å². The molecule has 0 aromatic rings. The summed E-state index contributed by atoms with van der Waals surface area (Å²) in [6.07, 6.45) is 10.3. The molecule has 2 aliphatic heterocycles. The molecule has 0 aromatic heterocycles. The topological polar surface area (TPSA) is 40.6 Å². The number of hydrogen-bond donors (Lipinski definition) is 0. The van der Waals surface area contributed by atoms with Crippen LogP contribution in [-0.4, -0.2) is 47.3 Å². The Morgan fingerprint density at radius 1 is 0.792 bits per heavy atom. The van der Waals surface area contributed by atoms with Crippen LogP contribution in [0.15, 0.2) is 0 Å². The van der Waals surface area contributed by atoms with Gasteiger partial charge in [0.1, 0.15) is 0 Å². The highest BCUT2D eigenvalue weighted by atomic mass is 16.2. The van der Waals surface area contributed by atoms with E-state index in [4.69, 9.17) is 0 Å². The first-order chi connectivity index (χ1) is 11.6. The molecule has 4 nitrogen and oxygen atoms in total. The lowest BCUT2D eigenvalue weighted by atomic mass is 9.72. The second-order valence-corrected chi connectivity index (χ2v) is 8.71. The number of hydrogen-bond acceptors (Lipinski definition) is 2. The highest BCUT2D eigenvalue weighted by Crippen LogP contribution is 2.40. The molecule has 4 unspecified atom stereocenters. The Morgan fingerprint density at radius 2 is 1.58 bits per heavy atom. The van der Waals surface area contributed by atoms with E-state index in [0.717, 1.165) is 51.1 Å². The van der Waals surface area contributed by atoms with E-state index >= 15 is 0 Å². The molecule has 4 fully saturated rings. The summed E-state index contributed by atoms with van der Waals surface area (Å²) < 4.78 is 0. The molecule has 4 aliphatic rings. The van der Waals surface area contributed by atoms with Gasteiger partial charge in [-0.3, -0.25) is 9.59 Å². The Morgan fingerprint density at radius 3 is 2.38 bits per heavy atom. The molecule has 2 amide bonds. The van der Waals surface area contributed by atoms with Crippen LogP contribution in [0.4, 0.5) is 0 Å². The number of rotatable bonds is 2. The molecular weight excluding hydrogens is 300 g/mol. The summed E-state index contributed by atoms with van der Waals surface area (Å²) in [6, 6.07) is 0.476. The minimum Gasteiger partial charge on any atom is -0.342 e. The number of amides is 2. The molecule has 24 heavy (non-hydrogen) atoms. The van der Waals surface area contributed by atoms with Crippen LogP contribution in [0.25, 0.3) is 0 Å². The van der Waals surface area contributed by atoms with Gasteiger partial charge in [0.25, 0.3) is 0 Å². The van der Waals surface area contributed by atoms with Gasteiger partial charge in [0.05, 0.1) is 5.92 Å². The first kappa shape index (κ1) is 16.4. The van der Waals surface area contributed by atoms with Crippen molar-refractivity contribution in [3.8, 4) is 0 Å². The predicted octanol–water partition coefficient (Wildman–Crippen LogP) is 3.06. The van der Waals surface area contributed by atoms with Gasteiger partial charge in [-0.2, -0.15) is 0 Å². The SMILES string of the molecule is CC1CCN(C(=O)C2CCCN(C(=O)C3CC3)C2)C2CCCCC12. The average molecular weight is 332 g/mol. The maximum absolute atomic E-state index is 13.3. The molecule has 2 saturated heterocycles. The van der Waals surface area contributed by atoms with Crippen molar-refractivity contribution in [2.24, 2.45) is 23.7 Å². The third-order valence-corrected chi connectivity index (χ3v) is 7.03. The largest absolute Gasteiger partial charge is 0.342 e. The zero-order valence-corrected chi connectivity index (χ0v) is 15.1. The normalized spacial score (nSPS) is 37.0. The fourth-order valence-electron chi connectivity index (χ4n) is 5.39. The van der Waals surface area contributed by atoms with Gasteiger partial charge in [0.2, 0.25) is 11.8 Å². The first-order valence-electron chi connectivity index (χ1n) is 10.2. The summed E-state index contributed by atoms with van der Waals surface area (Å²) >= 11 is 0. The molecule has 0 radical (unpaired) electrons. The minimum absolute atomic E-state index is 0.0532. The quantitative estimate of drug-likeness (QED) is 0.780. The van der Waals surface area contributed by atoms with Crippen molar-refractivity contribution < 1.29 is 9.59 Å². The minimum atomic E-state index is 0.0532. The lowest BCUT2D eigenvalue weighted by Gasteiger charge is -2.48. The van der Waals surface area contributed by atoms with Crippen LogP contribution in [0, 0.1) is 23.7 Å². The molecule has 4 rings (SSSR count). The van der Waals surface area contributed by atoms with Crippen LogP contribution in [-0.2, 0) is 9.59 Å². The van der Waals surface area contributed by atoms with Crippen LogP contribution in [0.2, 0.25) is 0 Å². The molecule has 0 aromatic carbocycles. The fraction of sp³-hybridized carbons (Fsp3) is 0.900. The van der Waals surface area contributed by atoms with Gasteiger partial charge in [-0.25, -0.2) is 0 Å². The Hall–Kier alpha value is -1.06. The van der Waals surface area contributed by atoms with Gasteiger partial charge in [0.15, 0.2) is 0 Å². The molecule has 2 saturated carbocycles. The molecular formula is C20H32N2O2. The Labute approximate surface area is 145 Å². The van der Waals surface area contributed by atoms with Crippen LogP contribution >= 0.6 is 0 Å². The second-order valence-electron chi connectivity index (χ2n) is 8.71. The molecule has 4 heteroatoms. The van der Waals surface area contributed by atoms with Crippen LogP contribution in [0.5, 0.6) is 0 Å². The maximum Gasteiger partial charge on any atom is 0.227 e. The average Bonchev–Trinajstić information content (AvgIpc) is 3.46. The summed E-state index contributed by atoms with van der Waals surface area (Å²) in [5.74, 6) is 2.47. The van der Waals surface area contributed by atoms with Crippen LogP contribution in [0.1, 0.15) is 64.7 Å². The molecule has 134 valence electrons. The molecule has 0 bridgehead atoms. The van der Waals surface area contributed by atoms with Crippen molar-refractivity contribution >= 4 is 11.8 Å². The summed E-state index contributed by atoms with van der Waals surface area (Å²) in [7, 11) is 0. The van der Waals surface area contributed by atoms with Crippen LogP contribution in [0.3, 0.4) is 0 Å². The first-order valence-corrected chi connectivity index (χ1v) is 10.2. The zero-order valence-electron chi connectivity index (χ0n) is 15.1. The summed E-state index contributed by atoms with van der Waals surface area (Å²) in [5.41, 5.74) is 0. The van der Waals surface area contributed by atoms with Crippen molar-refractivity contribution in [1.82, 2.24) is 9.80 Å². The number of carbonyl (C=O) groups is 2. The Bertz CT molecular complexity index is 502. The highest BCUT2D eigenvalue weighted by Gasteiger charge is 2.43. The lowest BCUT2D eigenvalue weighted by molar-refractivity contribution is -0.147. The number of nitrogens with zero attached hydrogens (tertiary/aromatic N) is 2.